The molecule has 520 valence electrons. The lowest BCUT2D eigenvalue weighted by Gasteiger charge is -2.43. The van der Waals surface area contributed by atoms with Crippen LogP contribution in [0.4, 0.5) is 10.5 Å². The monoisotopic (exact) mass is 1370 g/mol. The van der Waals surface area contributed by atoms with Crippen LogP contribution < -0.4 is 25.1 Å². The number of hydrogen-bond donors (Lipinski definition) is 4. The Balaban J connectivity index is 0.919. The number of ether oxygens (including phenoxy) is 9. The second kappa shape index (κ2) is 36.7. The van der Waals surface area contributed by atoms with Gasteiger partial charge in [-0.3, -0.25) is 29.3 Å². The van der Waals surface area contributed by atoms with E-state index in [0.29, 0.717) is 80.5 Å². The zero-order valence-corrected chi connectivity index (χ0v) is 57.7. The van der Waals surface area contributed by atoms with Gasteiger partial charge >= 0.3 is 18.0 Å². The Morgan fingerprint density at radius 3 is 2.22 bits per heavy atom. The molecule has 4 bridgehead atoms. The molecule has 3 heterocycles. The lowest BCUT2D eigenvalue weighted by atomic mass is 9.81. The van der Waals surface area contributed by atoms with Crippen LogP contribution in [0.2, 0.25) is 5.02 Å². The van der Waals surface area contributed by atoms with Crippen molar-refractivity contribution in [2.24, 2.45) is 11.0 Å². The predicted octanol–water partition coefficient (Wildman–Crippen LogP) is 6.74. The Kier molecular flexibility index (Phi) is 29.9. The third-order valence-electron chi connectivity index (χ3n) is 16.1. The maximum Gasteiger partial charge on any atom is 0.409 e. The van der Waals surface area contributed by atoms with Gasteiger partial charge in [-0.2, -0.15) is 5.10 Å². The van der Waals surface area contributed by atoms with Gasteiger partial charge in [-0.1, -0.05) is 63.9 Å². The number of rotatable bonds is 30. The van der Waals surface area contributed by atoms with E-state index in [9.17, 15) is 48.6 Å². The van der Waals surface area contributed by atoms with Crippen LogP contribution in [0, 0.1) is 5.92 Å². The summed E-state index contributed by atoms with van der Waals surface area (Å²) in [7, 11) is 8.67. The number of aliphatic hydroxyl groups is 2. The number of carbonyl (C=O) groups excluding carboxylic acids is 8. The van der Waals surface area contributed by atoms with Gasteiger partial charge in [0.05, 0.1) is 89.8 Å². The van der Waals surface area contributed by atoms with Gasteiger partial charge in [0.1, 0.15) is 47.5 Å². The fourth-order valence-electron chi connectivity index (χ4n) is 10.7. The Morgan fingerprint density at radius 1 is 0.904 bits per heavy atom. The van der Waals surface area contributed by atoms with E-state index in [4.69, 9.17) is 59.1 Å². The third-order valence-corrected chi connectivity index (χ3v) is 19.8. The van der Waals surface area contributed by atoms with Crippen LogP contribution in [0.1, 0.15) is 122 Å². The number of benzene rings is 2. The van der Waals surface area contributed by atoms with Crippen LogP contribution in [0.15, 0.2) is 59.2 Å². The Labute approximate surface area is 562 Å². The number of aryl methyl sites for hydroxylation is 1. The Hall–Kier alpha value is -6.34. The fourth-order valence-corrected chi connectivity index (χ4v) is 13.5. The molecule has 0 aromatic heterocycles. The van der Waals surface area contributed by atoms with Crippen molar-refractivity contribution < 1.29 is 96.0 Å². The molecule has 2 fully saturated rings. The van der Waals surface area contributed by atoms with Gasteiger partial charge in [0, 0.05) is 69.4 Å². The van der Waals surface area contributed by atoms with Crippen molar-refractivity contribution in [2.45, 2.75) is 159 Å². The first-order valence-corrected chi connectivity index (χ1v) is 34.0. The molecule has 2 aromatic carbocycles. The lowest BCUT2D eigenvalue weighted by molar-refractivity contribution is -0.198. The fraction of sp³-hybridized carbons (Fsp3) is 0.615. The molecule has 29 heteroatoms. The number of nitrogens with zero attached hydrogens (tertiary/aromatic N) is 4. The number of halogens is 1. The van der Waals surface area contributed by atoms with Gasteiger partial charge in [-0.15, -0.1) is 5.06 Å². The molecule has 7 atom stereocenters. The first kappa shape index (κ1) is 76.7. The van der Waals surface area contributed by atoms with E-state index in [1.54, 1.807) is 31.2 Å². The van der Waals surface area contributed by atoms with Crippen LogP contribution in [-0.4, -0.2) is 207 Å². The van der Waals surface area contributed by atoms with Gasteiger partial charge in [-0.05, 0) is 114 Å². The maximum absolute atomic E-state index is 14.4. The summed E-state index contributed by atoms with van der Waals surface area (Å²) in [5.74, 6) is -3.26. The summed E-state index contributed by atoms with van der Waals surface area (Å²) in [4.78, 5) is 111. The second-order valence-corrected chi connectivity index (χ2v) is 27.8. The third kappa shape index (κ3) is 23.2. The molecule has 4 N–H and O–H groups in total. The number of fused-ring (bicyclic) bond motifs is 5. The number of alkyl carbamates (subject to hydrolysis) is 1. The first-order chi connectivity index (χ1) is 44.6. The number of likely N-dealkylation sites (N-methyl/N-ethyl adjacent to an activating group) is 1. The summed E-state index contributed by atoms with van der Waals surface area (Å²) >= 11 is 6.82. The number of hydrazone groups is 1. The molecule has 6 rings (SSSR count). The van der Waals surface area contributed by atoms with Crippen LogP contribution in [0.25, 0.3) is 0 Å². The summed E-state index contributed by atoms with van der Waals surface area (Å²) < 4.78 is 50.3. The quantitative estimate of drug-likeness (QED) is 0.0207. The summed E-state index contributed by atoms with van der Waals surface area (Å²) in [6.07, 6.45) is 2.74. The number of amides is 6. The van der Waals surface area contributed by atoms with Crippen molar-refractivity contribution in [3.8, 4) is 11.5 Å². The predicted molar refractivity (Wildman–Crippen MR) is 351 cm³/mol. The van der Waals surface area contributed by atoms with E-state index in [1.165, 1.54) is 73.6 Å². The second-order valence-electron chi connectivity index (χ2n) is 24.3. The van der Waals surface area contributed by atoms with Gasteiger partial charge in [0.25, 0.3) is 11.8 Å². The molecule has 4 aliphatic rings. The standard InChI is InChI=1S/C65H91ClN6O20S2/c1-41-13-11-16-52(84-10)65(82)39-51(90-62(80)67-65)42(2)38-64(6,81)53(37-58(77)71(8)49-34-44(33-41)35-50(83-9)60(49)66)91-61(79)43(3)70(7)55(74)22-32-93-94-63(4,5)40-54(73)69-68-48-15-12-14-45-36-46(17-18-47(45)48)89-31-30-88-29-28-87-27-26-86-25-24-85-23-21-59(78)92-72-56(75)19-20-57(72)76/h11,13,16-18,34-36,42-43,51-53,81-82H,12,14-15,19-33,37-40H2,1-10H3,(H,67,80)(H,69,73)/b16-11+,41-13+,68-48+/t42-,43-,51-,52+,53-,64?,65-/m0/s1. The Bertz CT molecular complexity index is 3060. The number of anilines is 1. The zero-order valence-electron chi connectivity index (χ0n) is 55.3. The molecular formula is C65H91ClN6O20S2. The minimum absolute atomic E-state index is 0.0297. The van der Waals surface area contributed by atoms with E-state index in [0.717, 1.165) is 40.8 Å². The topological polar surface area (TPSA) is 315 Å². The molecule has 1 aliphatic carbocycles. The van der Waals surface area contributed by atoms with Gasteiger partial charge in [-0.25, -0.2) is 19.8 Å². The number of hydroxylamine groups is 2. The van der Waals surface area contributed by atoms with Crippen LogP contribution in [-0.2, 0) is 84.4 Å². The van der Waals surface area contributed by atoms with E-state index in [1.807, 2.05) is 45.0 Å². The Morgan fingerprint density at radius 2 is 1.56 bits per heavy atom. The summed E-state index contributed by atoms with van der Waals surface area (Å²) in [5.41, 5.74) is 3.55. The molecule has 0 spiro atoms. The lowest BCUT2D eigenvalue weighted by Crippen LogP contribution is -2.63. The highest BCUT2D eigenvalue weighted by atomic mass is 35.5. The molecular weight excluding hydrogens is 1280 g/mol. The minimum Gasteiger partial charge on any atom is -0.495 e. The minimum atomic E-state index is -1.96. The largest absolute Gasteiger partial charge is 0.495 e. The normalized spacial score (nSPS) is 23.7. The van der Waals surface area contributed by atoms with Gasteiger partial charge in [0.15, 0.2) is 5.72 Å². The molecule has 26 nitrogen and oxygen atoms in total. The average molecular weight is 1380 g/mol. The van der Waals surface area contributed by atoms with E-state index in [-0.39, 0.29) is 81.6 Å². The van der Waals surface area contributed by atoms with Crippen LogP contribution in [0.3, 0.4) is 0 Å². The molecule has 0 saturated carbocycles. The molecule has 2 saturated heterocycles. The summed E-state index contributed by atoms with van der Waals surface area (Å²) in [6, 6.07) is 8.11. The van der Waals surface area contributed by atoms with Gasteiger partial charge in [0.2, 0.25) is 17.7 Å². The summed E-state index contributed by atoms with van der Waals surface area (Å²) in [5, 5.41) is 31.9. The highest BCUT2D eigenvalue weighted by Crippen LogP contribution is 2.40. The molecule has 1 unspecified atom stereocenters. The molecule has 0 radical (unpaired) electrons. The van der Waals surface area contributed by atoms with E-state index >= 15 is 0 Å². The highest BCUT2D eigenvalue weighted by Gasteiger charge is 2.49. The summed E-state index contributed by atoms with van der Waals surface area (Å²) in [6.45, 7) is 13.0. The smallest absolute Gasteiger partial charge is 0.409 e. The molecule has 6 amide bonds. The van der Waals surface area contributed by atoms with Crippen molar-refractivity contribution >= 4 is 92.2 Å². The van der Waals surface area contributed by atoms with E-state index in [2.05, 4.69) is 15.8 Å². The number of methoxy groups -OCH3 is 2. The maximum atomic E-state index is 14.4. The highest BCUT2D eigenvalue weighted by molar-refractivity contribution is 8.77. The SMILES string of the molecule is COc1cc2cc(c1Cl)N(C)C(=O)C[C@H](OC(=O)[C@H](C)N(C)C(=O)CCSSC(C)(C)CC(=O)N/N=C1\CCCc3cc(OCCOCCOCCOCCOCCC(=O)ON4C(=O)CCC4=O)ccc31)C(C)(O)C[C@H](C)[C@@H]1C[C@@](O)(NC(=O)O1)[C@H](OC)/C=C/C=C(\C)C2. The average Bonchev–Trinajstić information content (AvgIpc) is 0.934. The van der Waals surface area contributed by atoms with Crippen molar-refractivity contribution in [1.82, 2.24) is 20.7 Å². The molecule has 2 aromatic rings. The van der Waals surface area contributed by atoms with Crippen LogP contribution in [0.5, 0.6) is 11.5 Å². The molecule has 94 heavy (non-hydrogen) atoms. The zero-order chi connectivity index (χ0) is 68.8. The molecule has 3 aliphatic heterocycles. The number of allylic oxidation sites excluding steroid dienone is 3. The van der Waals surface area contributed by atoms with Crippen LogP contribution >= 0.6 is 33.2 Å². The van der Waals surface area contributed by atoms with Gasteiger partial charge < -0.3 is 67.5 Å². The van der Waals surface area contributed by atoms with Crippen molar-refractivity contribution in [1.29, 1.82) is 0 Å². The number of imide groups is 1. The number of carbonyl (C=O) groups is 8. The number of hydrogen-bond acceptors (Lipinski definition) is 23. The van der Waals surface area contributed by atoms with Crippen molar-refractivity contribution in [3.63, 3.8) is 0 Å². The van der Waals surface area contributed by atoms with Crippen molar-refractivity contribution in [3.05, 3.63) is 75.8 Å². The van der Waals surface area contributed by atoms with Crippen molar-refractivity contribution in [2.75, 3.05) is 98.4 Å². The van der Waals surface area contributed by atoms with E-state index < -0.39 is 88.5 Å². The number of nitrogens with one attached hydrogen (secondary N) is 2. The first-order valence-electron chi connectivity index (χ1n) is 31.3. The number of esters is 1.